The molecule has 1 aromatic heterocycles. The molecular weight excluding hydrogens is 471 g/mol. The fourth-order valence-electron chi connectivity index (χ4n) is 3.76. The molecule has 0 saturated heterocycles. The topological polar surface area (TPSA) is 88.7 Å². The lowest BCUT2D eigenvalue weighted by atomic mass is 10.1. The first-order valence-corrected chi connectivity index (χ1v) is 12.2. The Hall–Kier alpha value is -3.69. The molecular formula is C26H25FN2O5S. The van der Waals surface area contributed by atoms with E-state index in [0.717, 1.165) is 23.3 Å². The zero-order valence-electron chi connectivity index (χ0n) is 19.5. The van der Waals surface area contributed by atoms with Crippen LogP contribution in [0.3, 0.4) is 0 Å². The quantitative estimate of drug-likeness (QED) is 0.391. The van der Waals surface area contributed by atoms with E-state index in [1.807, 2.05) is 31.2 Å². The van der Waals surface area contributed by atoms with Gasteiger partial charge >= 0.3 is 0 Å². The number of hydrogen-bond acceptors (Lipinski definition) is 5. The van der Waals surface area contributed by atoms with E-state index < -0.39 is 21.4 Å². The highest BCUT2D eigenvalue weighted by atomic mass is 32.2. The molecule has 0 aliphatic heterocycles. The van der Waals surface area contributed by atoms with Gasteiger partial charge < -0.3 is 14.5 Å². The molecule has 0 spiro atoms. The third-order valence-corrected chi connectivity index (χ3v) is 7.51. The summed E-state index contributed by atoms with van der Waals surface area (Å²) < 4.78 is 52.4. The van der Waals surface area contributed by atoms with E-state index in [4.69, 9.17) is 9.47 Å². The van der Waals surface area contributed by atoms with Crippen LogP contribution in [-0.4, -0.2) is 31.9 Å². The summed E-state index contributed by atoms with van der Waals surface area (Å²) in [7, 11) is -1.04. The van der Waals surface area contributed by atoms with Crippen LogP contribution in [0.2, 0.25) is 0 Å². The van der Waals surface area contributed by atoms with Crippen LogP contribution in [0.25, 0.3) is 10.9 Å². The molecule has 0 atom stereocenters. The Bertz CT molecular complexity index is 1510. The maximum Gasteiger partial charge on any atom is 0.252 e. The number of benzene rings is 3. The first-order chi connectivity index (χ1) is 16.7. The lowest BCUT2D eigenvalue weighted by Crippen LogP contribution is -2.32. The maximum atomic E-state index is 13.5. The highest BCUT2D eigenvalue weighted by Gasteiger charge is 2.26. The zero-order valence-corrected chi connectivity index (χ0v) is 20.4. The summed E-state index contributed by atoms with van der Waals surface area (Å²) in [6.07, 6.45) is 0. The van der Waals surface area contributed by atoms with Gasteiger partial charge in [0.1, 0.15) is 5.82 Å². The van der Waals surface area contributed by atoms with Crippen LogP contribution in [0.4, 0.5) is 4.39 Å². The van der Waals surface area contributed by atoms with Crippen molar-refractivity contribution in [2.24, 2.45) is 0 Å². The Morgan fingerprint density at radius 1 is 0.886 bits per heavy atom. The predicted molar refractivity (Wildman–Crippen MR) is 132 cm³/mol. The van der Waals surface area contributed by atoms with Gasteiger partial charge in [-0.1, -0.05) is 29.8 Å². The lowest BCUT2D eigenvalue weighted by Gasteiger charge is -2.22. The van der Waals surface area contributed by atoms with Crippen LogP contribution >= 0.6 is 0 Å². The molecule has 7 nitrogen and oxygen atoms in total. The second kappa shape index (κ2) is 9.89. The van der Waals surface area contributed by atoms with Crippen LogP contribution in [0.1, 0.15) is 16.7 Å². The molecule has 0 bridgehead atoms. The first kappa shape index (κ1) is 24.4. The molecule has 0 radical (unpaired) electrons. The Balaban J connectivity index is 1.78. The van der Waals surface area contributed by atoms with E-state index >= 15 is 0 Å². The number of methoxy groups -OCH3 is 2. The largest absolute Gasteiger partial charge is 0.493 e. The summed E-state index contributed by atoms with van der Waals surface area (Å²) in [6.45, 7) is 1.78. The third kappa shape index (κ3) is 5.21. The minimum absolute atomic E-state index is 0.0312. The number of hydrogen-bond donors (Lipinski definition) is 1. The van der Waals surface area contributed by atoms with Gasteiger partial charge in [-0.3, -0.25) is 4.79 Å². The van der Waals surface area contributed by atoms with Crippen molar-refractivity contribution in [1.29, 1.82) is 0 Å². The second-order valence-electron chi connectivity index (χ2n) is 8.13. The van der Waals surface area contributed by atoms with E-state index in [1.54, 1.807) is 18.2 Å². The Morgan fingerprint density at radius 2 is 1.51 bits per heavy atom. The van der Waals surface area contributed by atoms with Gasteiger partial charge in [0.15, 0.2) is 11.5 Å². The van der Waals surface area contributed by atoms with Crippen molar-refractivity contribution in [1.82, 2.24) is 9.29 Å². The molecule has 182 valence electrons. The fraction of sp³-hybridized carbons (Fsp3) is 0.192. The van der Waals surface area contributed by atoms with Gasteiger partial charge in [0, 0.05) is 30.1 Å². The SMILES string of the molecule is COc1cc2cc(CN(Cc3ccc(C)cc3)S(=O)(=O)c3ccc(F)cc3)c(=O)[nH]c2cc1OC. The number of rotatable bonds is 8. The van der Waals surface area contributed by atoms with E-state index in [1.165, 1.54) is 30.7 Å². The van der Waals surface area contributed by atoms with Gasteiger partial charge in [-0.25, -0.2) is 12.8 Å². The summed E-state index contributed by atoms with van der Waals surface area (Å²) in [5, 5.41) is 0.659. The summed E-state index contributed by atoms with van der Waals surface area (Å²) in [6, 6.07) is 17.1. The van der Waals surface area contributed by atoms with Crippen LogP contribution in [0.5, 0.6) is 11.5 Å². The van der Waals surface area contributed by atoms with Gasteiger partial charge in [-0.2, -0.15) is 4.31 Å². The summed E-state index contributed by atoms with van der Waals surface area (Å²) in [5.41, 5.74) is 2.15. The number of sulfonamides is 1. The van der Waals surface area contributed by atoms with Crippen molar-refractivity contribution in [3.63, 3.8) is 0 Å². The van der Waals surface area contributed by atoms with Gasteiger partial charge in [0.2, 0.25) is 10.0 Å². The molecule has 4 rings (SSSR count). The standard InChI is InChI=1S/C26H25FN2O5S/c1-17-4-6-18(7-5-17)15-29(35(31,32)22-10-8-21(27)9-11-22)16-20-12-19-13-24(33-2)25(34-3)14-23(19)28-26(20)30/h4-14H,15-16H2,1-3H3,(H,28,30). The van der Waals surface area contributed by atoms with Crippen LogP contribution in [0, 0.1) is 12.7 Å². The summed E-state index contributed by atoms with van der Waals surface area (Å²) in [4.78, 5) is 15.7. The molecule has 3 aromatic carbocycles. The van der Waals surface area contributed by atoms with E-state index in [0.29, 0.717) is 22.4 Å². The number of aryl methyl sites for hydroxylation is 1. The van der Waals surface area contributed by atoms with Crippen molar-refractivity contribution < 1.29 is 22.3 Å². The first-order valence-electron chi connectivity index (χ1n) is 10.8. The Labute approximate surface area is 202 Å². The van der Waals surface area contributed by atoms with Crippen LogP contribution in [0.15, 0.2) is 76.4 Å². The molecule has 0 aliphatic carbocycles. The molecule has 1 N–H and O–H groups in total. The fourth-order valence-corrected chi connectivity index (χ4v) is 5.17. The van der Waals surface area contributed by atoms with Gasteiger partial charge in [-0.15, -0.1) is 0 Å². The summed E-state index contributed by atoms with van der Waals surface area (Å²) >= 11 is 0. The molecule has 9 heteroatoms. The Morgan fingerprint density at radius 3 is 2.14 bits per heavy atom. The van der Waals surface area contributed by atoms with E-state index in [9.17, 15) is 17.6 Å². The smallest absolute Gasteiger partial charge is 0.252 e. The molecule has 0 fully saturated rings. The normalized spacial score (nSPS) is 11.7. The number of H-pyrrole nitrogens is 1. The maximum absolute atomic E-state index is 13.5. The van der Waals surface area contributed by atoms with Crippen molar-refractivity contribution in [3.05, 3.63) is 99.6 Å². The number of aromatic nitrogens is 1. The van der Waals surface area contributed by atoms with Crippen LogP contribution in [-0.2, 0) is 23.1 Å². The van der Waals surface area contributed by atoms with E-state index in [2.05, 4.69) is 4.98 Å². The highest BCUT2D eigenvalue weighted by Crippen LogP contribution is 2.31. The number of pyridine rings is 1. The molecule has 1 heterocycles. The van der Waals surface area contributed by atoms with Crippen molar-refractivity contribution in [2.45, 2.75) is 24.9 Å². The Kier molecular flexibility index (Phi) is 6.90. The summed E-state index contributed by atoms with van der Waals surface area (Å²) in [5.74, 6) is 0.404. The number of fused-ring (bicyclic) bond motifs is 1. The lowest BCUT2D eigenvalue weighted by molar-refractivity contribution is 0.355. The predicted octanol–water partition coefficient (Wildman–Crippen LogP) is 4.38. The molecule has 0 amide bonds. The minimum Gasteiger partial charge on any atom is -0.493 e. The molecule has 0 aliphatic rings. The monoisotopic (exact) mass is 496 g/mol. The molecule has 35 heavy (non-hydrogen) atoms. The van der Waals surface area contributed by atoms with Crippen molar-refractivity contribution in [3.8, 4) is 11.5 Å². The zero-order chi connectivity index (χ0) is 25.2. The molecule has 4 aromatic rings. The second-order valence-corrected chi connectivity index (χ2v) is 10.1. The third-order valence-electron chi connectivity index (χ3n) is 5.70. The van der Waals surface area contributed by atoms with Crippen molar-refractivity contribution >= 4 is 20.9 Å². The average Bonchev–Trinajstić information content (AvgIpc) is 2.84. The van der Waals surface area contributed by atoms with Crippen molar-refractivity contribution in [2.75, 3.05) is 14.2 Å². The number of nitrogens with one attached hydrogen (secondary N) is 1. The van der Waals surface area contributed by atoms with Gasteiger partial charge in [0.25, 0.3) is 5.56 Å². The highest BCUT2D eigenvalue weighted by molar-refractivity contribution is 7.89. The number of ether oxygens (including phenoxy) is 2. The average molecular weight is 497 g/mol. The van der Waals surface area contributed by atoms with Crippen LogP contribution < -0.4 is 15.0 Å². The number of aromatic amines is 1. The molecule has 0 saturated carbocycles. The minimum atomic E-state index is -4.05. The number of nitrogens with zero attached hydrogens (tertiary/aromatic N) is 1. The van der Waals surface area contributed by atoms with E-state index in [-0.39, 0.29) is 23.5 Å². The number of halogens is 1. The van der Waals surface area contributed by atoms with Gasteiger partial charge in [0.05, 0.1) is 24.6 Å². The molecule has 0 unspecified atom stereocenters. The van der Waals surface area contributed by atoms with Gasteiger partial charge in [-0.05, 0) is 48.9 Å².